The summed E-state index contributed by atoms with van der Waals surface area (Å²) in [5, 5.41) is 4.99. The SMILES string of the molecule is CN(C(=O)OC(C)(C)C)C(c1ccc(CN2CCC(N3CCC(CNc4ccc(SCc5ncc(C(C)(C)C)o5)s4)CC3)CC2)cc1)C1CC1. The van der Waals surface area contributed by atoms with E-state index in [0.717, 1.165) is 49.5 Å². The molecule has 50 heavy (non-hydrogen) atoms. The zero-order valence-electron chi connectivity index (χ0n) is 31.4. The molecule has 0 spiro atoms. The van der Waals surface area contributed by atoms with E-state index < -0.39 is 5.60 Å². The number of benzene rings is 1. The number of thioether (sulfide) groups is 1. The Bertz CT molecular complexity index is 1520. The van der Waals surface area contributed by atoms with Crippen LogP contribution >= 0.6 is 23.1 Å². The normalized spacial score (nSPS) is 19.4. The van der Waals surface area contributed by atoms with Gasteiger partial charge in [-0.05, 0) is 121 Å². The van der Waals surface area contributed by atoms with Crippen molar-refractivity contribution in [2.45, 2.75) is 120 Å². The number of aromatic nitrogens is 1. The molecule has 3 aromatic rings. The number of likely N-dealkylation sites (tertiary alicyclic amines) is 2. The van der Waals surface area contributed by atoms with Gasteiger partial charge in [0.1, 0.15) is 11.4 Å². The van der Waals surface area contributed by atoms with Gasteiger partial charge in [-0.15, -0.1) is 23.1 Å². The summed E-state index contributed by atoms with van der Waals surface area (Å²) < 4.78 is 12.9. The van der Waals surface area contributed by atoms with Crippen molar-refractivity contribution in [2.24, 2.45) is 11.8 Å². The number of ether oxygens (including phenoxy) is 1. The first kappa shape index (κ1) is 37.2. The molecule has 1 aliphatic carbocycles. The van der Waals surface area contributed by atoms with Crippen molar-refractivity contribution in [1.29, 1.82) is 0 Å². The average Bonchev–Trinajstić information content (AvgIpc) is 3.58. The molecule has 274 valence electrons. The summed E-state index contributed by atoms with van der Waals surface area (Å²) in [5.74, 6) is 3.77. The van der Waals surface area contributed by atoms with E-state index in [1.54, 1.807) is 11.8 Å². The van der Waals surface area contributed by atoms with Crippen LogP contribution in [-0.2, 0) is 22.4 Å². The molecule has 2 aliphatic heterocycles. The van der Waals surface area contributed by atoms with Gasteiger partial charge in [-0.25, -0.2) is 9.78 Å². The average molecular weight is 722 g/mol. The van der Waals surface area contributed by atoms with Gasteiger partial charge in [0.25, 0.3) is 0 Å². The third kappa shape index (κ3) is 10.3. The molecule has 1 saturated carbocycles. The van der Waals surface area contributed by atoms with E-state index in [1.807, 2.05) is 50.3 Å². The Morgan fingerprint density at radius 3 is 2.32 bits per heavy atom. The molecule has 2 aromatic heterocycles. The number of nitrogens with one attached hydrogen (secondary N) is 1. The van der Waals surface area contributed by atoms with Crippen LogP contribution in [0.1, 0.15) is 109 Å². The second-order valence-electron chi connectivity index (χ2n) is 16.8. The minimum absolute atomic E-state index is 0.00961. The summed E-state index contributed by atoms with van der Waals surface area (Å²) in [5.41, 5.74) is 2.08. The van der Waals surface area contributed by atoms with Crippen LogP contribution in [-0.4, -0.2) is 77.2 Å². The van der Waals surface area contributed by atoms with Crippen molar-refractivity contribution in [3.05, 3.63) is 65.4 Å². The van der Waals surface area contributed by atoms with Crippen LogP contribution in [0.4, 0.5) is 9.80 Å². The highest BCUT2D eigenvalue weighted by atomic mass is 32.2. The standard InChI is InChI=1S/C40H59N5O3S2/c1-39(2,3)33-25-41-34(47-33)27-49-36-15-14-35(50-36)42-24-28-16-22-45(23-17-28)32-18-20-44(21-19-32)26-29-8-10-30(11-9-29)37(31-12-13-31)43(7)38(46)48-40(4,5)6/h8-11,14-15,25,28,31-32,37,42H,12-13,16-24,26-27H2,1-7H3. The van der Waals surface area contributed by atoms with Crippen molar-refractivity contribution in [2.75, 3.05) is 45.1 Å². The molecular formula is C40H59N5O3S2. The minimum atomic E-state index is -0.488. The number of hydrogen-bond acceptors (Lipinski definition) is 9. The van der Waals surface area contributed by atoms with Gasteiger partial charge in [0.15, 0.2) is 0 Å². The molecular weight excluding hydrogens is 663 g/mol. The first-order valence-electron chi connectivity index (χ1n) is 18.7. The van der Waals surface area contributed by atoms with Crippen molar-refractivity contribution < 1.29 is 13.9 Å². The number of thiophene rings is 1. The Kier molecular flexibility index (Phi) is 11.9. The van der Waals surface area contributed by atoms with Crippen LogP contribution in [0.3, 0.4) is 0 Å². The number of rotatable bonds is 12. The first-order valence-corrected chi connectivity index (χ1v) is 20.5. The molecule has 2 saturated heterocycles. The van der Waals surface area contributed by atoms with Crippen molar-refractivity contribution in [1.82, 2.24) is 19.7 Å². The molecule has 10 heteroatoms. The largest absolute Gasteiger partial charge is 0.444 e. The van der Waals surface area contributed by atoms with Gasteiger partial charge in [0, 0.05) is 31.6 Å². The Balaban J connectivity index is 0.884. The first-order chi connectivity index (χ1) is 23.8. The lowest BCUT2D eigenvalue weighted by molar-refractivity contribution is 0.0199. The zero-order valence-corrected chi connectivity index (χ0v) is 33.0. The van der Waals surface area contributed by atoms with E-state index in [4.69, 9.17) is 9.15 Å². The molecule has 1 aromatic carbocycles. The topological polar surface area (TPSA) is 74.1 Å². The van der Waals surface area contributed by atoms with Crippen LogP contribution < -0.4 is 5.32 Å². The Hall–Kier alpha value is -2.53. The predicted octanol–water partition coefficient (Wildman–Crippen LogP) is 9.43. The molecule has 0 bridgehead atoms. The molecule has 8 nitrogen and oxygen atoms in total. The van der Waals surface area contributed by atoms with Gasteiger partial charge < -0.3 is 24.3 Å². The number of carbonyl (C=O) groups is 1. The van der Waals surface area contributed by atoms with Gasteiger partial charge in [-0.2, -0.15) is 0 Å². The van der Waals surface area contributed by atoms with E-state index in [9.17, 15) is 4.79 Å². The molecule has 3 fully saturated rings. The second kappa shape index (κ2) is 16.0. The number of nitrogens with zero attached hydrogens (tertiary/aromatic N) is 4. The lowest BCUT2D eigenvalue weighted by Crippen LogP contribution is -2.48. The fraction of sp³-hybridized carbons (Fsp3) is 0.650. The third-order valence-electron chi connectivity index (χ3n) is 10.4. The van der Waals surface area contributed by atoms with Crippen LogP contribution in [0.15, 0.2) is 51.2 Å². The summed E-state index contributed by atoms with van der Waals surface area (Å²) >= 11 is 3.63. The fourth-order valence-electron chi connectivity index (χ4n) is 7.31. The van der Waals surface area contributed by atoms with Gasteiger partial charge in [0.05, 0.1) is 27.2 Å². The second-order valence-corrected chi connectivity index (χ2v) is 19.1. The summed E-state index contributed by atoms with van der Waals surface area (Å²) in [6.07, 6.45) is 9.04. The lowest BCUT2D eigenvalue weighted by atomic mass is 9.93. The van der Waals surface area contributed by atoms with E-state index in [0.29, 0.717) is 12.0 Å². The quantitative estimate of drug-likeness (QED) is 0.186. The third-order valence-corrected chi connectivity index (χ3v) is 12.6. The van der Waals surface area contributed by atoms with Crippen molar-refractivity contribution in [3.63, 3.8) is 0 Å². The molecule has 0 radical (unpaired) electrons. The Morgan fingerprint density at radius 1 is 1.00 bits per heavy atom. The van der Waals surface area contributed by atoms with Crippen LogP contribution in [0, 0.1) is 11.8 Å². The molecule has 3 aliphatic rings. The van der Waals surface area contributed by atoms with Gasteiger partial charge in [-0.1, -0.05) is 45.0 Å². The number of oxazole rings is 1. The number of hydrogen-bond donors (Lipinski definition) is 1. The molecule has 1 amide bonds. The molecule has 1 unspecified atom stereocenters. The van der Waals surface area contributed by atoms with Gasteiger partial charge in [-0.3, -0.25) is 4.90 Å². The number of amides is 1. The maximum atomic E-state index is 12.8. The summed E-state index contributed by atoms with van der Waals surface area (Å²) in [4.78, 5) is 24.5. The summed E-state index contributed by atoms with van der Waals surface area (Å²) in [6, 6.07) is 14.3. The maximum Gasteiger partial charge on any atom is 0.410 e. The monoisotopic (exact) mass is 721 g/mol. The molecule has 1 atom stereocenters. The molecule has 1 N–H and O–H groups in total. The minimum Gasteiger partial charge on any atom is -0.444 e. The van der Waals surface area contributed by atoms with E-state index in [1.165, 1.54) is 72.0 Å². The highest BCUT2D eigenvalue weighted by molar-refractivity contribution is 8.00. The maximum absolute atomic E-state index is 12.8. The predicted molar refractivity (Wildman–Crippen MR) is 206 cm³/mol. The van der Waals surface area contributed by atoms with E-state index in [-0.39, 0.29) is 17.6 Å². The van der Waals surface area contributed by atoms with Crippen LogP contribution in [0.5, 0.6) is 0 Å². The Morgan fingerprint density at radius 2 is 1.70 bits per heavy atom. The Labute approximate surface area is 308 Å². The number of anilines is 1. The van der Waals surface area contributed by atoms with E-state index in [2.05, 4.69) is 77.3 Å². The summed E-state index contributed by atoms with van der Waals surface area (Å²) in [6.45, 7) is 19.1. The number of piperidine rings is 2. The van der Waals surface area contributed by atoms with Crippen molar-refractivity contribution in [3.8, 4) is 0 Å². The lowest BCUT2D eigenvalue weighted by Gasteiger charge is -2.42. The zero-order chi connectivity index (χ0) is 35.5. The molecule has 6 rings (SSSR count). The van der Waals surface area contributed by atoms with Crippen LogP contribution in [0.2, 0.25) is 0 Å². The summed E-state index contributed by atoms with van der Waals surface area (Å²) in [7, 11) is 1.89. The highest BCUT2D eigenvalue weighted by Gasteiger charge is 2.38. The van der Waals surface area contributed by atoms with Gasteiger partial charge >= 0.3 is 6.09 Å². The highest BCUT2D eigenvalue weighted by Crippen LogP contribution is 2.44. The van der Waals surface area contributed by atoms with E-state index >= 15 is 0 Å². The van der Waals surface area contributed by atoms with Crippen LogP contribution in [0.25, 0.3) is 0 Å². The van der Waals surface area contributed by atoms with Gasteiger partial charge in [0.2, 0.25) is 5.89 Å². The van der Waals surface area contributed by atoms with Crippen molar-refractivity contribution >= 4 is 34.2 Å². The molecule has 4 heterocycles. The number of carbonyl (C=O) groups excluding carboxylic acids is 1. The smallest absolute Gasteiger partial charge is 0.410 e. The fourth-order valence-corrected chi connectivity index (χ4v) is 9.20.